The zero-order valence-corrected chi connectivity index (χ0v) is 6.40. The van der Waals surface area contributed by atoms with Crippen molar-refractivity contribution >= 4 is 0 Å². The minimum absolute atomic E-state index is 0.810. The average molecular weight is 137 g/mol. The fourth-order valence-corrected chi connectivity index (χ4v) is 3.22. The van der Waals surface area contributed by atoms with Crippen molar-refractivity contribution in [3.63, 3.8) is 0 Å². The van der Waals surface area contributed by atoms with Crippen molar-refractivity contribution in [1.29, 1.82) is 0 Å². The first-order valence-electron chi connectivity index (χ1n) is 4.62. The predicted molar refractivity (Wildman–Crippen MR) is 40.8 cm³/mol. The molecule has 56 valence electrons. The molecule has 1 heteroatoms. The zero-order chi connectivity index (χ0) is 6.60. The maximum Gasteiger partial charge on any atom is 0.0249 e. The number of rotatable bonds is 1. The third kappa shape index (κ3) is 0.572. The van der Waals surface area contributed by atoms with Gasteiger partial charge in [0, 0.05) is 12.6 Å². The fourth-order valence-electron chi connectivity index (χ4n) is 3.22. The number of hydrogen-bond donors (Lipinski definition) is 1. The molecule has 1 N–H and O–H groups in total. The van der Waals surface area contributed by atoms with Gasteiger partial charge in [-0.25, -0.2) is 0 Å². The molecule has 0 aromatic rings. The summed E-state index contributed by atoms with van der Waals surface area (Å²) in [5.74, 6) is 1.13. The lowest BCUT2D eigenvalue weighted by Crippen LogP contribution is -2.23. The molecule has 1 atom stereocenters. The maximum absolute atomic E-state index is 3.49. The summed E-state index contributed by atoms with van der Waals surface area (Å²) in [4.78, 5) is 0. The van der Waals surface area contributed by atoms with Crippen molar-refractivity contribution in [2.45, 2.75) is 38.1 Å². The van der Waals surface area contributed by atoms with Gasteiger partial charge in [-0.3, -0.25) is 0 Å². The molecule has 3 aliphatic rings. The first-order valence-corrected chi connectivity index (χ1v) is 4.62. The van der Waals surface area contributed by atoms with Crippen LogP contribution >= 0.6 is 0 Å². The van der Waals surface area contributed by atoms with Gasteiger partial charge in [0.05, 0.1) is 0 Å². The Morgan fingerprint density at radius 3 is 2.30 bits per heavy atom. The first-order chi connectivity index (χ1) is 4.89. The van der Waals surface area contributed by atoms with E-state index in [0.29, 0.717) is 0 Å². The average Bonchev–Trinajstić information content (AvgIpc) is 2.66. The van der Waals surface area contributed by atoms with Crippen molar-refractivity contribution < 1.29 is 0 Å². The monoisotopic (exact) mass is 137 g/mol. The van der Waals surface area contributed by atoms with E-state index in [9.17, 15) is 0 Å². The SMILES string of the molecule is C1CC2(C3CN3)CCC1C2. The van der Waals surface area contributed by atoms with Gasteiger partial charge in [-0.1, -0.05) is 0 Å². The second-order valence-electron chi connectivity index (χ2n) is 4.47. The third-order valence-corrected chi connectivity index (χ3v) is 3.94. The number of hydrogen-bond acceptors (Lipinski definition) is 1. The molecule has 1 aliphatic heterocycles. The van der Waals surface area contributed by atoms with Gasteiger partial charge in [0.2, 0.25) is 0 Å². The van der Waals surface area contributed by atoms with Crippen molar-refractivity contribution in [3.05, 3.63) is 0 Å². The van der Waals surface area contributed by atoms with Crippen LogP contribution in [0.3, 0.4) is 0 Å². The van der Waals surface area contributed by atoms with E-state index in [1.807, 2.05) is 0 Å². The third-order valence-electron chi connectivity index (χ3n) is 3.94. The van der Waals surface area contributed by atoms with Crippen LogP contribution in [-0.2, 0) is 0 Å². The van der Waals surface area contributed by atoms with E-state index in [1.54, 1.807) is 6.42 Å². The van der Waals surface area contributed by atoms with E-state index in [0.717, 1.165) is 17.4 Å². The fraction of sp³-hybridized carbons (Fsp3) is 1.00. The molecule has 2 bridgehead atoms. The molecule has 2 saturated carbocycles. The summed E-state index contributed by atoms with van der Waals surface area (Å²) in [5, 5.41) is 3.49. The van der Waals surface area contributed by atoms with E-state index in [2.05, 4.69) is 5.32 Å². The quantitative estimate of drug-likeness (QED) is 0.544. The first kappa shape index (κ1) is 5.59. The van der Waals surface area contributed by atoms with Gasteiger partial charge in [-0.2, -0.15) is 0 Å². The van der Waals surface area contributed by atoms with Crippen LogP contribution in [0, 0.1) is 11.3 Å². The summed E-state index contributed by atoms with van der Waals surface area (Å²) in [7, 11) is 0. The topological polar surface area (TPSA) is 21.9 Å². The number of fused-ring (bicyclic) bond motifs is 2. The highest BCUT2D eigenvalue weighted by Crippen LogP contribution is 2.57. The van der Waals surface area contributed by atoms with E-state index >= 15 is 0 Å². The normalized spacial score (nSPS) is 57.6. The van der Waals surface area contributed by atoms with Gasteiger partial charge in [0.25, 0.3) is 0 Å². The molecule has 3 rings (SSSR count). The Balaban J connectivity index is 1.89. The van der Waals surface area contributed by atoms with Crippen molar-refractivity contribution in [2.24, 2.45) is 11.3 Å². The Bertz CT molecular complexity index is 152. The molecule has 0 radical (unpaired) electrons. The second-order valence-corrected chi connectivity index (χ2v) is 4.47. The van der Waals surface area contributed by atoms with Crippen LogP contribution < -0.4 is 5.32 Å². The van der Waals surface area contributed by atoms with Gasteiger partial charge in [0.15, 0.2) is 0 Å². The molecular weight excluding hydrogens is 122 g/mol. The van der Waals surface area contributed by atoms with Crippen LogP contribution in [0.15, 0.2) is 0 Å². The summed E-state index contributed by atoms with van der Waals surface area (Å²) in [5.41, 5.74) is 0.810. The predicted octanol–water partition coefficient (Wildman–Crippen LogP) is 1.54. The lowest BCUT2D eigenvalue weighted by Gasteiger charge is -2.24. The Morgan fingerprint density at radius 2 is 1.90 bits per heavy atom. The van der Waals surface area contributed by atoms with Crippen LogP contribution in [0.1, 0.15) is 32.1 Å². The van der Waals surface area contributed by atoms with E-state index < -0.39 is 0 Å². The molecular formula is C9H15N. The summed E-state index contributed by atoms with van der Waals surface area (Å²) < 4.78 is 0. The molecule has 0 amide bonds. The Morgan fingerprint density at radius 1 is 1.20 bits per heavy atom. The minimum atomic E-state index is 0.810. The lowest BCUT2D eigenvalue weighted by atomic mass is 9.81. The van der Waals surface area contributed by atoms with Gasteiger partial charge >= 0.3 is 0 Å². The summed E-state index contributed by atoms with van der Waals surface area (Å²) in [6.07, 6.45) is 7.71. The summed E-state index contributed by atoms with van der Waals surface area (Å²) in [6, 6.07) is 0.944. The van der Waals surface area contributed by atoms with Crippen LogP contribution in [0.25, 0.3) is 0 Å². The smallest absolute Gasteiger partial charge is 0.0249 e. The highest BCUT2D eigenvalue weighted by Gasteiger charge is 2.52. The van der Waals surface area contributed by atoms with Crippen LogP contribution in [0.2, 0.25) is 0 Å². The van der Waals surface area contributed by atoms with Gasteiger partial charge in [-0.05, 0) is 43.4 Å². The number of nitrogens with one attached hydrogen (secondary N) is 1. The molecule has 3 fully saturated rings. The Labute approximate surface area is 62.2 Å². The Hall–Kier alpha value is -0.0400. The molecule has 1 saturated heterocycles. The zero-order valence-electron chi connectivity index (χ0n) is 6.40. The Kier molecular flexibility index (Phi) is 0.883. The summed E-state index contributed by atoms with van der Waals surface area (Å²) in [6.45, 7) is 1.33. The molecule has 10 heavy (non-hydrogen) atoms. The molecule has 0 aromatic carbocycles. The molecule has 0 aromatic heterocycles. The van der Waals surface area contributed by atoms with Gasteiger partial charge in [0.1, 0.15) is 0 Å². The standard InChI is InChI=1S/C9H15N/c1-3-9(8-6-10-8)4-2-7(1)5-9/h7-8,10H,1-6H2. The van der Waals surface area contributed by atoms with Crippen molar-refractivity contribution in [2.75, 3.05) is 6.54 Å². The van der Waals surface area contributed by atoms with E-state index in [-0.39, 0.29) is 0 Å². The largest absolute Gasteiger partial charge is 0.311 e. The van der Waals surface area contributed by atoms with Gasteiger partial charge < -0.3 is 5.32 Å². The van der Waals surface area contributed by atoms with Crippen LogP contribution in [0.5, 0.6) is 0 Å². The van der Waals surface area contributed by atoms with E-state index in [1.165, 1.54) is 32.2 Å². The van der Waals surface area contributed by atoms with Gasteiger partial charge in [-0.15, -0.1) is 0 Å². The molecule has 1 nitrogen and oxygen atoms in total. The maximum atomic E-state index is 3.49. The van der Waals surface area contributed by atoms with Crippen LogP contribution in [-0.4, -0.2) is 12.6 Å². The molecule has 1 unspecified atom stereocenters. The minimum Gasteiger partial charge on any atom is -0.311 e. The highest BCUT2D eigenvalue weighted by atomic mass is 15.1. The van der Waals surface area contributed by atoms with Crippen molar-refractivity contribution in [1.82, 2.24) is 5.32 Å². The van der Waals surface area contributed by atoms with Crippen LogP contribution in [0.4, 0.5) is 0 Å². The summed E-state index contributed by atoms with van der Waals surface area (Å²) >= 11 is 0. The molecule has 0 spiro atoms. The van der Waals surface area contributed by atoms with E-state index in [4.69, 9.17) is 0 Å². The second kappa shape index (κ2) is 1.58. The lowest BCUT2D eigenvalue weighted by molar-refractivity contribution is 0.288. The highest BCUT2D eigenvalue weighted by molar-refractivity contribution is 5.08. The molecule has 1 heterocycles. The van der Waals surface area contributed by atoms with Crippen molar-refractivity contribution in [3.8, 4) is 0 Å². The molecule has 2 aliphatic carbocycles.